The molecule has 3 aromatic heterocycles. The molecule has 4 heterocycles. The Kier molecular flexibility index (Phi) is 3.58. The predicted octanol–water partition coefficient (Wildman–Crippen LogP) is 4.93. The number of nitrogens with one attached hydrogen (secondary N) is 1. The number of rotatable bonds is 1. The molecular weight excluding hydrogens is 422 g/mol. The molecule has 5 nitrogen and oxygen atoms in total. The van der Waals surface area contributed by atoms with Crippen LogP contribution in [-0.4, -0.2) is 25.1 Å². The van der Waals surface area contributed by atoms with Crippen molar-refractivity contribution >= 4 is 43.1 Å². The zero-order valence-electron chi connectivity index (χ0n) is 15.7. The van der Waals surface area contributed by atoms with Crippen molar-refractivity contribution in [2.24, 2.45) is 0 Å². The van der Waals surface area contributed by atoms with E-state index in [1.54, 1.807) is 17.7 Å². The second-order valence-corrected chi connectivity index (χ2v) is 10.2. The fourth-order valence-electron chi connectivity index (χ4n) is 4.27. The summed E-state index contributed by atoms with van der Waals surface area (Å²) in [5, 5.41) is 9.61. The Hall–Kier alpha value is -1.83. The van der Waals surface area contributed by atoms with Crippen LogP contribution < -0.4 is 5.32 Å². The molecule has 0 saturated carbocycles. The Balaban J connectivity index is 1.81. The molecule has 1 aliphatic heterocycles. The van der Waals surface area contributed by atoms with Crippen molar-refractivity contribution in [3.8, 4) is 11.4 Å². The lowest BCUT2D eigenvalue weighted by atomic mass is 9.82. The third-order valence-corrected chi connectivity index (χ3v) is 7.23. The van der Waals surface area contributed by atoms with Gasteiger partial charge in [-0.25, -0.2) is 14.5 Å². The number of aromatic nitrogens is 4. The molecule has 0 bridgehead atoms. The van der Waals surface area contributed by atoms with Crippen LogP contribution in [0.1, 0.15) is 38.1 Å². The zero-order chi connectivity index (χ0) is 19.0. The highest BCUT2D eigenvalue weighted by atomic mass is 79.9. The van der Waals surface area contributed by atoms with E-state index in [2.05, 4.69) is 48.9 Å². The lowest BCUT2D eigenvalue weighted by molar-refractivity contribution is 0.248. The van der Waals surface area contributed by atoms with Crippen molar-refractivity contribution in [2.75, 3.05) is 0 Å². The van der Waals surface area contributed by atoms with Gasteiger partial charge in [-0.05, 0) is 51.8 Å². The number of fused-ring (bicyclic) bond motifs is 5. The largest absolute Gasteiger partial charge is 0.302 e. The molecule has 0 fully saturated rings. The van der Waals surface area contributed by atoms with Gasteiger partial charge in [0.2, 0.25) is 0 Å². The minimum Gasteiger partial charge on any atom is -0.302 e. The Bertz CT molecular complexity index is 1200. The Labute approximate surface area is 170 Å². The van der Waals surface area contributed by atoms with Gasteiger partial charge in [-0.1, -0.05) is 28.1 Å². The van der Waals surface area contributed by atoms with E-state index in [-0.39, 0.29) is 11.1 Å². The summed E-state index contributed by atoms with van der Waals surface area (Å²) in [5.41, 5.74) is 3.15. The first-order valence-electron chi connectivity index (χ1n) is 8.97. The van der Waals surface area contributed by atoms with E-state index in [1.807, 2.05) is 28.8 Å². The molecule has 5 rings (SSSR count). The second kappa shape index (κ2) is 5.59. The lowest BCUT2D eigenvalue weighted by Crippen LogP contribution is -2.54. The molecule has 1 aliphatic rings. The van der Waals surface area contributed by atoms with Crippen molar-refractivity contribution in [3.05, 3.63) is 45.5 Å². The normalized spacial score (nSPS) is 18.1. The van der Waals surface area contributed by atoms with Gasteiger partial charge < -0.3 is 5.32 Å². The summed E-state index contributed by atoms with van der Waals surface area (Å²) in [6.07, 6.45) is 2.73. The van der Waals surface area contributed by atoms with Crippen LogP contribution in [-0.2, 0) is 12.0 Å². The van der Waals surface area contributed by atoms with Crippen LogP contribution in [0.15, 0.2) is 35.1 Å². The van der Waals surface area contributed by atoms with Crippen molar-refractivity contribution in [3.63, 3.8) is 0 Å². The highest BCUT2D eigenvalue weighted by Crippen LogP contribution is 2.44. The van der Waals surface area contributed by atoms with Gasteiger partial charge in [-0.3, -0.25) is 0 Å². The second-order valence-electron chi connectivity index (χ2n) is 8.33. The third-order valence-electron chi connectivity index (χ3n) is 5.08. The fourth-order valence-corrected chi connectivity index (χ4v) is 5.95. The maximum absolute atomic E-state index is 4.92. The minimum atomic E-state index is -0.0925. The van der Waals surface area contributed by atoms with Gasteiger partial charge in [0.15, 0.2) is 11.5 Å². The summed E-state index contributed by atoms with van der Waals surface area (Å²) in [4.78, 5) is 12.0. The molecular formula is C20H20BrN5S. The standard InChI is InChI=1S/C20H20BrN5S/c1-19(2)9-12-14-17-23-16(11-7-5-6-8-13(11)21)24-26(17)10-22-18(14)27-15(12)20(3,4)25-19/h5-8,10,25H,9H2,1-4H3. The summed E-state index contributed by atoms with van der Waals surface area (Å²) in [7, 11) is 0. The van der Waals surface area contributed by atoms with Gasteiger partial charge >= 0.3 is 0 Å². The van der Waals surface area contributed by atoms with Gasteiger partial charge in [0.1, 0.15) is 11.2 Å². The first-order chi connectivity index (χ1) is 12.8. The maximum Gasteiger partial charge on any atom is 0.183 e. The monoisotopic (exact) mass is 441 g/mol. The Morgan fingerprint density at radius 2 is 1.96 bits per heavy atom. The molecule has 0 atom stereocenters. The predicted molar refractivity (Wildman–Crippen MR) is 113 cm³/mol. The van der Waals surface area contributed by atoms with Crippen LogP contribution in [0.25, 0.3) is 27.3 Å². The highest BCUT2D eigenvalue weighted by Gasteiger charge is 2.39. The van der Waals surface area contributed by atoms with E-state index in [4.69, 9.17) is 15.1 Å². The topological polar surface area (TPSA) is 55.1 Å². The van der Waals surface area contributed by atoms with Crippen LogP contribution in [0.5, 0.6) is 0 Å². The lowest BCUT2D eigenvalue weighted by Gasteiger charge is -2.42. The van der Waals surface area contributed by atoms with E-state index in [9.17, 15) is 0 Å². The molecule has 4 aromatic rings. The van der Waals surface area contributed by atoms with Crippen molar-refractivity contribution in [1.82, 2.24) is 24.9 Å². The van der Waals surface area contributed by atoms with Crippen LogP contribution in [0.2, 0.25) is 0 Å². The molecule has 27 heavy (non-hydrogen) atoms. The number of nitrogens with zero attached hydrogens (tertiary/aromatic N) is 4. The SMILES string of the molecule is CC1(C)Cc2c(sc3ncn4nc(-c5ccccc5Br)nc4c23)C(C)(C)N1. The average molecular weight is 442 g/mol. The van der Waals surface area contributed by atoms with E-state index in [0.29, 0.717) is 5.82 Å². The molecule has 0 saturated heterocycles. The molecule has 0 radical (unpaired) electrons. The van der Waals surface area contributed by atoms with Gasteiger partial charge in [-0.15, -0.1) is 16.4 Å². The van der Waals surface area contributed by atoms with E-state index < -0.39 is 0 Å². The quantitative estimate of drug-likeness (QED) is 0.454. The molecule has 7 heteroatoms. The number of hydrogen-bond acceptors (Lipinski definition) is 5. The maximum atomic E-state index is 4.92. The van der Waals surface area contributed by atoms with Crippen LogP contribution in [0.3, 0.4) is 0 Å². The average Bonchev–Trinajstić information content (AvgIpc) is 3.15. The third kappa shape index (κ3) is 2.63. The minimum absolute atomic E-state index is 0.0165. The van der Waals surface area contributed by atoms with Crippen molar-refractivity contribution < 1.29 is 0 Å². The van der Waals surface area contributed by atoms with Gasteiger partial charge in [0, 0.05) is 26.0 Å². The number of halogens is 1. The zero-order valence-corrected chi connectivity index (χ0v) is 18.1. The van der Waals surface area contributed by atoms with Crippen LogP contribution >= 0.6 is 27.3 Å². The van der Waals surface area contributed by atoms with Gasteiger partial charge in [0.25, 0.3) is 0 Å². The van der Waals surface area contributed by atoms with Gasteiger partial charge in [-0.2, -0.15) is 0 Å². The summed E-state index contributed by atoms with van der Waals surface area (Å²) >= 11 is 5.38. The van der Waals surface area contributed by atoms with E-state index in [0.717, 1.165) is 32.3 Å². The smallest absolute Gasteiger partial charge is 0.183 e. The van der Waals surface area contributed by atoms with E-state index >= 15 is 0 Å². The summed E-state index contributed by atoms with van der Waals surface area (Å²) < 4.78 is 2.80. The molecule has 1 N–H and O–H groups in total. The van der Waals surface area contributed by atoms with Crippen molar-refractivity contribution in [2.45, 2.75) is 45.2 Å². The Morgan fingerprint density at radius 1 is 1.19 bits per heavy atom. The van der Waals surface area contributed by atoms with Gasteiger partial charge in [0.05, 0.1) is 5.39 Å². The van der Waals surface area contributed by atoms with Crippen LogP contribution in [0, 0.1) is 0 Å². The Morgan fingerprint density at radius 3 is 2.74 bits per heavy atom. The molecule has 0 unspecified atom stereocenters. The van der Waals surface area contributed by atoms with E-state index in [1.165, 1.54) is 10.4 Å². The summed E-state index contributed by atoms with van der Waals surface area (Å²) in [6, 6.07) is 8.04. The van der Waals surface area contributed by atoms with Crippen molar-refractivity contribution in [1.29, 1.82) is 0 Å². The summed E-state index contributed by atoms with van der Waals surface area (Å²) in [6.45, 7) is 9.00. The first kappa shape index (κ1) is 17.3. The molecule has 1 aromatic carbocycles. The number of benzene rings is 1. The highest BCUT2D eigenvalue weighted by molar-refractivity contribution is 9.10. The number of hydrogen-bond donors (Lipinski definition) is 1. The first-order valence-corrected chi connectivity index (χ1v) is 10.6. The molecule has 0 spiro atoms. The van der Waals surface area contributed by atoms with Crippen LogP contribution in [0.4, 0.5) is 0 Å². The fraction of sp³-hybridized carbons (Fsp3) is 0.350. The molecule has 0 aliphatic carbocycles. The number of thiophene rings is 1. The summed E-state index contributed by atoms with van der Waals surface area (Å²) in [5.74, 6) is 0.712. The molecule has 0 amide bonds. The molecule has 138 valence electrons.